The number of anilines is 1. The zero-order valence-corrected chi connectivity index (χ0v) is 13.7. The van der Waals surface area contributed by atoms with Gasteiger partial charge in [0, 0.05) is 17.8 Å². The first kappa shape index (κ1) is 16.2. The molecule has 24 heavy (non-hydrogen) atoms. The molecule has 1 aromatic carbocycles. The molecule has 0 bridgehead atoms. The minimum Gasteiger partial charge on any atom is -0.366 e. The summed E-state index contributed by atoms with van der Waals surface area (Å²) in [5.74, 6) is -0.840. The maximum atomic E-state index is 12.5. The third kappa shape index (κ3) is 3.30. The number of likely N-dealkylation sites (tertiary alicyclic amines) is 1. The number of primary amides is 1. The SMILES string of the molecule is NC(=O)c1ccc(NC(=O)C2CCCN2C(=O)c2cccs2)cc1. The first-order valence-corrected chi connectivity index (χ1v) is 8.49. The predicted molar refractivity (Wildman–Crippen MR) is 92.0 cm³/mol. The third-order valence-electron chi connectivity index (χ3n) is 3.99. The van der Waals surface area contributed by atoms with Gasteiger partial charge in [-0.3, -0.25) is 14.4 Å². The molecular formula is C17H17N3O3S. The quantitative estimate of drug-likeness (QED) is 0.890. The fraction of sp³-hybridized carbons (Fsp3) is 0.235. The van der Waals surface area contributed by atoms with Crippen molar-refractivity contribution in [3.63, 3.8) is 0 Å². The van der Waals surface area contributed by atoms with Crippen LogP contribution in [0.1, 0.15) is 32.9 Å². The molecule has 0 saturated carbocycles. The van der Waals surface area contributed by atoms with Crippen molar-refractivity contribution in [2.75, 3.05) is 11.9 Å². The van der Waals surface area contributed by atoms with Crippen molar-refractivity contribution >= 4 is 34.7 Å². The van der Waals surface area contributed by atoms with Crippen molar-refractivity contribution in [3.8, 4) is 0 Å². The molecule has 1 aromatic heterocycles. The van der Waals surface area contributed by atoms with Crippen LogP contribution in [0.4, 0.5) is 5.69 Å². The van der Waals surface area contributed by atoms with E-state index in [0.29, 0.717) is 29.1 Å². The molecular weight excluding hydrogens is 326 g/mol. The van der Waals surface area contributed by atoms with Crippen LogP contribution < -0.4 is 11.1 Å². The molecule has 0 radical (unpaired) electrons. The smallest absolute Gasteiger partial charge is 0.264 e. The Morgan fingerprint density at radius 2 is 1.92 bits per heavy atom. The molecule has 3 amide bonds. The van der Waals surface area contributed by atoms with Crippen molar-refractivity contribution in [2.45, 2.75) is 18.9 Å². The van der Waals surface area contributed by atoms with Gasteiger partial charge in [0.05, 0.1) is 4.88 Å². The largest absolute Gasteiger partial charge is 0.366 e. The van der Waals surface area contributed by atoms with Gasteiger partial charge in [-0.15, -0.1) is 11.3 Å². The minimum absolute atomic E-state index is 0.105. The van der Waals surface area contributed by atoms with E-state index in [2.05, 4.69) is 5.32 Å². The normalized spacial score (nSPS) is 16.8. The van der Waals surface area contributed by atoms with Gasteiger partial charge in [-0.05, 0) is 48.6 Å². The molecule has 2 aromatic rings. The van der Waals surface area contributed by atoms with Gasteiger partial charge in [-0.25, -0.2) is 0 Å². The van der Waals surface area contributed by atoms with Gasteiger partial charge >= 0.3 is 0 Å². The summed E-state index contributed by atoms with van der Waals surface area (Å²) in [7, 11) is 0. The van der Waals surface area contributed by atoms with E-state index in [9.17, 15) is 14.4 Å². The van der Waals surface area contributed by atoms with E-state index < -0.39 is 11.9 Å². The number of hydrogen-bond donors (Lipinski definition) is 2. The number of carbonyl (C=O) groups excluding carboxylic acids is 3. The standard InChI is InChI=1S/C17H17N3O3S/c18-15(21)11-5-7-12(8-6-11)19-16(22)13-3-1-9-20(13)17(23)14-4-2-10-24-14/h2,4-8,10,13H,1,3,9H2,(H2,18,21)(H,19,22). The van der Waals surface area contributed by atoms with Crippen molar-refractivity contribution in [3.05, 3.63) is 52.2 Å². The zero-order chi connectivity index (χ0) is 17.1. The Balaban J connectivity index is 1.69. The Labute approximate surface area is 143 Å². The summed E-state index contributed by atoms with van der Waals surface area (Å²) >= 11 is 1.37. The molecule has 1 unspecified atom stereocenters. The number of benzene rings is 1. The monoisotopic (exact) mass is 343 g/mol. The summed E-state index contributed by atoms with van der Waals surface area (Å²) in [6, 6.07) is 9.47. The highest BCUT2D eigenvalue weighted by Gasteiger charge is 2.34. The second-order valence-electron chi connectivity index (χ2n) is 5.56. The lowest BCUT2D eigenvalue weighted by Crippen LogP contribution is -2.42. The third-order valence-corrected chi connectivity index (χ3v) is 4.84. The zero-order valence-electron chi connectivity index (χ0n) is 12.9. The maximum absolute atomic E-state index is 12.5. The molecule has 3 N–H and O–H groups in total. The van der Waals surface area contributed by atoms with Gasteiger partial charge in [-0.2, -0.15) is 0 Å². The van der Waals surface area contributed by atoms with E-state index in [1.54, 1.807) is 35.2 Å². The molecule has 1 aliphatic rings. The molecule has 6 nitrogen and oxygen atoms in total. The number of amides is 3. The van der Waals surface area contributed by atoms with E-state index in [0.717, 1.165) is 6.42 Å². The number of hydrogen-bond acceptors (Lipinski definition) is 4. The molecule has 3 rings (SSSR count). The van der Waals surface area contributed by atoms with E-state index in [1.165, 1.54) is 11.3 Å². The Bertz CT molecular complexity index is 756. The van der Waals surface area contributed by atoms with Crippen molar-refractivity contribution in [1.82, 2.24) is 4.90 Å². The number of nitrogens with two attached hydrogens (primary N) is 1. The van der Waals surface area contributed by atoms with Gasteiger partial charge in [0.2, 0.25) is 11.8 Å². The number of carbonyl (C=O) groups is 3. The highest BCUT2D eigenvalue weighted by Crippen LogP contribution is 2.23. The molecule has 0 aliphatic carbocycles. The van der Waals surface area contributed by atoms with Crippen LogP contribution in [-0.2, 0) is 4.79 Å². The lowest BCUT2D eigenvalue weighted by Gasteiger charge is -2.23. The summed E-state index contributed by atoms with van der Waals surface area (Å²) in [6.45, 7) is 0.579. The van der Waals surface area contributed by atoms with E-state index >= 15 is 0 Å². The van der Waals surface area contributed by atoms with Crippen LogP contribution in [0.5, 0.6) is 0 Å². The summed E-state index contributed by atoms with van der Waals surface area (Å²) in [6.07, 6.45) is 1.44. The second kappa shape index (κ2) is 6.84. The molecule has 1 fully saturated rings. The first-order chi connectivity index (χ1) is 11.6. The van der Waals surface area contributed by atoms with E-state index in [1.807, 2.05) is 11.4 Å². The second-order valence-corrected chi connectivity index (χ2v) is 6.51. The van der Waals surface area contributed by atoms with Gasteiger partial charge in [0.1, 0.15) is 6.04 Å². The molecule has 1 saturated heterocycles. The average Bonchev–Trinajstić information content (AvgIpc) is 3.26. The van der Waals surface area contributed by atoms with Crippen LogP contribution in [0.2, 0.25) is 0 Å². The fourth-order valence-corrected chi connectivity index (χ4v) is 3.45. The lowest BCUT2D eigenvalue weighted by molar-refractivity contribution is -0.119. The van der Waals surface area contributed by atoms with Crippen LogP contribution in [0, 0.1) is 0 Å². The van der Waals surface area contributed by atoms with E-state index in [4.69, 9.17) is 5.73 Å². The highest BCUT2D eigenvalue weighted by atomic mass is 32.1. The predicted octanol–water partition coefficient (Wildman–Crippen LogP) is 2.09. The van der Waals surface area contributed by atoms with Gasteiger partial charge in [0.25, 0.3) is 5.91 Å². The number of rotatable bonds is 4. The number of thiophene rings is 1. The summed E-state index contributed by atoms with van der Waals surface area (Å²) < 4.78 is 0. The van der Waals surface area contributed by atoms with Crippen LogP contribution in [0.25, 0.3) is 0 Å². The van der Waals surface area contributed by atoms with Crippen LogP contribution in [-0.4, -0.2) is 35.2 Å². The summed E-state index contributed by atoms with van der Waals surface area (Å²) in [5.41, 5.74) is 6.14. The van der Waals surface area contributed by atoms with Crippen molar-refractivity contribution in [2.24, 2.45) is 5.73 Å². The molecule has 1 atom stereocenters. The fourth-order valence-electron chi connectivity index (χ4n) is 2.77. The Hall–Kier alpha value is -2.67. The minimum atomic E-state index is -0.517. The number of nitrogens with zero attached hydrogens (tertiary/aromatic N) is 1. The molecule has 7 heteroatoms. The molecule has 0 spiro atoms. The Kier molecular flexibility index (Phi) is 4.61. The maximum Gasteiger partial charge on any atom is 0.264 e. The molecule has 124 valence electrons. The topological polar surface area (TPSA) is 92.5 Å². The van der Waals surface area contributed by atoms with Gasteiger partial charge in [-0.1, -0.05) is 6.07 Å². The molecule has 1 aliphatic heterocycles. The summed E-state index contributed by atoms with van der Waals surface area (Å²) in [5, 5.41) is 4.64. The van der Waals surface area contributed by atoms with Crippen molar-refractivity contribution in [1.29, 1.82) is 0 Å². The lowest BCUT2D eigenvalue weighted by atomic mass is 10.1. The van der Waals surface area contributed by atoms with Crippen LogP contribution >= 0.6 is 11.3 Å². The Morgan fingerprint density at radius 3 is 2.54 bits per heavy atom. The number of nitrogens with one attached hydrogen (secondary N) is 1. The molecule has 2 heterocycles. The first-order valence-electron chi connectivity index (χ1n) is 7.61. The van der Waals surface area contributed by atoms with Crippen LogP contribution in [0.3, 0.4) is 0 Å². The van der Waals surface area contributed by atoms with Gasteiger partial charge < -0.3 is 16.0 Å². The van der Waals surface area contributed by atoms with Crippen LogP contribution in [0.15, 0.2) is 41.8 Å². The Morgan fingerprint density at radius 1 is 1.17 bits per heavy atom. The highest BCUT2D eigenvalue weighted by molar-refractivity contribution is 7.12. The average molecular weight is 343 g/mol. The summed E-state index contributed by atoms with van der Waals surface area (Å²) in [4.78, 5) is 38.4. The van der Waals surface area contributed by atoms with Crippen molar-refractivity contribution < 1.29 is 14.4 Å². The van der Waals surface area contributed by atoms with E-state index in [-0.39, 0.29) is 11.8 Å². The van der Waals surface area contributed by atoms with Gasteiger partial charge in [0.15, 0.2) is 0 Å².